The maximum atomic E-state index is 6.85. The van der Waals surface area contributed by atoms with Crippen LogP contribution in [0.2, 0.25) is 0 Å². The van der Waals surface area contributed by atoms with E-state index >= 15 is 0 Å². The van der Waals surface area contributed by atoms with Crippen LogP contribution in [0.4, 0.5) is 0 Å². The summed E-state index contributed by atoms with van der Waals surface area (Å²) in [4.78, 5) is 0. The third-order valence-electron chi connectivity index (χ3n) is 13.2. The van der Waals surface area contributed by atoms with E-state index in [4.69, 9.17) is 9.47 Å². The number of ether oxygens (including phenoxy) is 2. The predicted molar refractivity (Wildman–Crippen MR) is 259 cm³/mol. The molecule has 2 aliphatic heterocycles. The maximum absolute atomic E-state index is 6.85. The van der Waals surface area contributed by atoms with Crippen LogP contribution < -0.4 is 25.9 Å². The lowest BCUT2D eigenvalue weighted by Crippen LogP contribution is -2.57. The molecule has 0 aliphatic carbocycles. The molecule has 0 fully saturated rings. The van der Waals surface area contributed by atoms with Gasteiger partial charge in [-0.3, -0.25) is 0 Å². The van der Waals surface area contributed by atoms with Gasteiger partial charge in [0.2, 0.25) is 0 Å². The second-order valence-electron chi connectivity index (χ2n) is 16.3. The van der Waals surface area contributed by atoms with E-state index in [9.17, 15) is 0 Å². The normalized spacial score (nSPS) is 13.1. The Hall–Kier alpha value is -7.32. The zero-order chi connectivity index (χ0) is 39.5. The van der Waals surface area contributed by atoms with Crippen molar-refractivity contribution in [1.29, 1.82) is 0 Å². The molecule has 7 heteroatoms. The van der Waals surface area contributed by atoms with Gasteiger partial charge in [-0.2, -0.15) is 0 Å². The van der Waals surface area contributed by atoms with Crippen LogP contribution in [0.5, 0.6) is 23.0 Å². The Morgan fingerprint density at radius 2 is 0.820 bits per heavy atom. The molecular formula is C54H29BN2O2S2. The second kappa shape index (κ2) is 11.7. The monoisotopic (exact) mass is 812 g/mol. The van der Waals surface area contributed by atoms with E-state index in [0.717, 1.165) is 50.8 Å². The third kappa shape index (κ3) is 4.24. The number of benzene rings is 9. The molecule has 0 saturated heterocycles. The fourth-order valence-corrected chi connectivity index (χ4v) is 13.2. The summed E-state index contributed by atoms with van der Waals surface area (Å²) in [6.07, 6.45) is 0. The number of aromatic nitrogens is 2. The summed E-state index contributed by atoms with van der Waals surface area (Å²) >= 11 is 3.77. The van der Waals surface area contributed by atoms with Gasteiger partial charge in [0.05, 0.1) is 22.1 Å². The van der Waals surface area contributed by atoms with Crippen molar-refractivity contribution in [2.24, 2.45) is 0 Å². The first-order chi connectivity index (χ1) is 30.2. The summed E-state index contributed by atoms with van der Waals surface area (Å²) < 4.78 is 23.8. The van der Waals surface area contributed by atoms with Crippen LogP contribution in [-0.2, 0) is 0 Å². The summed E-state index contributed by atoms with van der Waals surface area (Å²) in [6.45, 7) is -0.0468. The van der Waals surface area contributed by atoms with Gasteiger partial charge in [0.15, 0.2) is 0 Å². The largest absolute Gasteiger partial charge is 0.458 e. The van der Waals surface area contributed by atoms with Crippen molar-refractivity contribution in [1.82, 2.24) is 9.13 Å². The van der Waals surface area contributed by atoms with Crippen molar-refractivity contribution in [2.75, 3.05) is 0 Å². The van der Waals surface area contributed by atoms with Gasteiger partial charge in [0.1, 0.15) is 23.0 Å². The Balaban J connectivity index is 0.906. The minimum absolute atomic E-state index is 0.0468. The van der Waals surface area contributed by atoms with Gasteiger partial charge in [-0.15, -0.1) is 22.7 Å². The van der Waals surface area contributed by atoms with Crippen molar-refractivity contribution in [2.45, 2.75) is 0 Å². The van der Waals surface area contributed by atoms with Crippen molar-refractivity contribution in [3.05, 3.63) is 176 Å². The Morgan fingerprint density at radius 1 is 0.361 bits per heavy atom. The van der Waals surface area contributed by atoms with Crippen molar-refractivity contribution in [3.63, 3.8) is 0 Å². The van der Waals surface area contributed by atoms with Gasteiger partial charge in [-0.25, -0.2) is 0 Å². The topological polar surface area (TPSA) is 28.3 Å². The molecule has 0 saturated carbocycles. The molecule has 0 radical (unpaired) electrons. The molecule has 0 N–H and O–H groups in total. The van der Waals surface area contributed by atoms with Gasteiger partial charge in [-0.05, 0) is 71.6 Å². The number of hydrogen-bond acceptors (Lipinski definition) is 4. The van der Waals surface area contributed by atoms with Crippen molar-refractivity contribution >= 4 is 130 Å². The minimum atomic E-state index is -0.0468. The predicted octanol–water partition coefficient (Wildman–Crippen LogP) is 13.3. The quantitative estimate of drug-likeness (QED) is 0.163. The number of para-hydroxylation sites is 2. The summed E-state index contributed by atoms with van der Waals surface area (Å²) in [5.41, 5.74) is 10.3. The standard InChI is InChI=1S/C54H29BN2O2S2/c1-5-14-40-36(12-1)50-42(26-22-34-32-10-3-7-18-48(32)60-53(34)50)56(40)30-20-24-38-46(28-30)58-44-16-9-17-45-52(44)55(38)39-25-21-31(29-47(39)59-45)57-41-15-6-2-13-37(41)51-43(57)27-23-35-33-11-4-8-19-49(33)61-54(35)51/h1-29H. The molecule has 4 aromatic heterocycles. The lowest BCUT2D eigenvalue weighted by molar-refractivity contribution is 0.464. The van der Waals surface area contributed by atoms with Gasteiger partial charge in [-0.1, -0.05) is 103 Å². The van der Waals surface area contributed by atoms with E-state index in [1.165, 1.54) is 84.0 Å². The van der Waals surface area contributed by atoms with Crippen LogP contribution in [0.15, 0.2) is 176 Å². The molecule has 4 nitrogen and oxygen atoms in total. The molecule has 0 atom stereocenters. The first-order valence-corrected chi connectivity index (χ1v) is 22.3. The van der Waals surface area contributed by atoms with E-state index < -0.39 is 0 Å². The van der Waals surface area contributed by atoms with E-state index in [1.54, 1.807) is 0 Å². The maximum Gasteiger partial charge on any atom is 0.260 e. The highest BCUT2D eigenvalue weighted by Gasteiger charge is 2.40. The Morgan fingerprint density at radius 3 is 1.33 bits per heavy atom. The zero-order valence-corrected chi connectivity index (χ0v) is 34.0. The van der Waals surface area contributed by atoms with E-state index in [1.807, 2.05) is 28.7 Å². The number of fused-ring (bicyclic) bond motifs is 18. The fourth-order valence-electron chi connectivity index (χ4n) is 10.7. The van der Waals surface area contributed by atoms with E-state index in [-0.39, 0.29) is 6.71 Å². The molecule has 15 rings (SSSR count). The molecule has 2 aliphatic rings. The first-order valence-electron chi connectivity index (χ1n) is 20.7. The van der Waals surface area contributed by atoms with Crippen LogP contribution in [0, 0.1) is 0 Å². The minimum Gasteiger partial charge on any atom is -0.458 e. The molecule has 0 spiro atoms. The third-order valence-corrected chi connectivity index (χ3v) is 15.7. The summed E-state index contributed by atoms with van der Waals surface area (Å²) in [7, 11) is 0. The number of nitrogens with zero attached hydrogens (tertiary/aromatic N) is 2. The highest BCUT2D eigenvalue weighted by molar-refractivity contribution is 7.27. The molecule has 6 heterocycles. The number of hydrogen-bond donors (Lipinski definition) is 0. The smallest absolute Gasteiger partial charge is 0.260 e. The number of thiophene rings is 2. The zero-order valence-electron chi connectivity index (χ0n) is 32.3. The van der Waals surface area contributed by atoms with Crippen molar-refractivity contribution in [3.8, 4) is 34.4 Å². The Bertz CT molecular complexity index is 3840. The first kappa shape index (κ1) is 32.5. The van der Waals surface area contributed by atoms with Gasteiger partial charge < -0.3 is 18.6 Å². The Labute approximate surface area is 356 Å². The van der Waals surface area contributed by atoms with Crippen LogP contribution in [-0.4, -0.2) is 15.8 Å². The highest BCUT2D eigenvalue weighted by Crippen LogP contribution is 2.46. The molecular weight excluding hydrogens is 784 g/mol. The lowest BCUT2D eigenvalue weighted by atomic mass is 9.35. The molecule has 9 aromatic carbocycles. The number of rotatable bonds is 2. The summed E-state index contributed by atoms with van der Waals surface area (Å²) in [5, 5.41) is 10.4. The fraction of sp³-hybridized carbons (Fsp3) is 0. The van der Waals surface area contributed by atoms with Crippen LogP contribution in [0.3, 0.4) is 0 Å². The Kier molecular flexibility index (Phi) is 6.24. The van der Waals surface area contributed by atoms with E-state index in [2.05, 4.69) is 179 Å². The lowest BCUT2D eigenvalue weighted by Gasteiger charge is -2.33. The average Bonchev–Trinajstić information content (AvgIpc) is 4.06. The summed E-state index contributed by atoms with van der Waals surface area (Å²) in [6, 6.07) is 64.1. The molecule has 0 unspecified atom stereocenters. The van der Waals surface area contributed by atoms with Gasteiger partial charge in [0, 0.05) is 90.9 Å². The van der Waals surface area contributed by atoms with Crippen LogP contribution >= 0.6 is 22.7 Å². The summed E-state index contributed by atoms with van der Waals surface area (Å²) in [5.74, 6) is 3.41. The van der Waals surface area contributed by atoms with Crippen molar-refractivity contribution < 1.29 is 9.47 Å². The average molecular weight is 813 g/mol. The molecule has 0 amide bonds. The molecule has 282 valence electrons. The van der Waals surface area contributed by atoms with Gasteiger partial charge >= 0.3 is 0 Å². The SMILES string of the molecule is c1cc2c3c(c1)Oc1cc(-n4c5ccccc5c5c6sc7ccccc7c6ccc54)ccc1B3c1ccc(-n3c4ccccc4c4c5sc6ccccc6c5ccc43)cc1O2. The highest BCUT2D eigenvalue weighted by atomic mass is 32.1. The molecule has 61 heavy (non-hydrogen) atoms. The van der Waals surface area contributed by atoms with Gasteiger partial charge in [0.25, 0.3) is 6.71 Å². The molecule has 0 bridgehead atoms. The van der Waals surface area contributed by atoms with E-state index in [0.29, 0.717) is 0 Å². The van der Waals surface area contributed by atoms with Crippen LogP contribution in [0.25, 0.3) is 95.3 Å². The van der Waals surface area contributed by atoms with Crippen LogP contribution in [0.1, 0.15) is 0 Å². The second-order valence-corrected chi connectivity index (χ2v) is 18.4. The molecule has 13 aromatic rings.